The SMILES string of the molecule is CC(C)CC1CCC(C)C1C. The minimum absolute atomic E-state index is 0.896. The van der Waals surface area contributed by atoms with E-state index in [0.29, 0.717) is 0 Å². The lowest BCUT2D eigenvalue weighted by atomic mass is 9.86. The second kappa shape index (κ2) is 3.60. The Labute approximate surface area is 71.4 Å². The summed E-state index contributed by atoms with van der Waals surface area (Å²) in [5, 5.41) is 0. The van der Waals surface area contributed by atoms with Crippen LogP contribution in [0.3, 0.4) is 0 Å². The summed E-state index contributed by atoms with van der Waals surface area (Å²) >= 11 is 0. The monoisotopic (exact) mass is 154 g/mol. The summed E-state index contributed by atoms with van der Waals surface area (Å²) in [6, 6.07) is 0. The topological polar surface area (TPSA) is 0 Å². The molecule has 1 aliphatic rings. The van der Waals surface area contributed by atoms with Gasteiger partial charge in [-0.15, -0.1) is 0 Å². The van der Waals surface area contributed by atoms with Gasteiger partial charge in [-0.05, 0) is 36.5 Å². The molecule has 3 unspecified atom stereocenters. The van der Waals surface area contributed by atoms with Crippen molar-refractivity contribution in [2.24, 2.45) is 23.7 Å². The van der Waals surface area contributed by atoms with E-state index in [9.17, 15) is 0 Å². The number of rotatable bonds is 2. The molecule has 0 radical (unpaired) electrons. The lowest BCUT2D eigenvalue weighted by molar-refractivity contribution is 0.307. The van der Waals surface area contributed by atoms with Crippen molar-refractivity contribution in [3.8, 4) is 0 Å². The van der Waals surface area contributed by atoms with Crippen molar-refractivity contribution in [2.45, 2.75) is 47.0 Å². The van der Waals surface area contributed by atoms with Gasteiger partial charge in [-0.3, -0.25) is 0 Å². The first-order valence-corrected chi connectivity index (χ1v) is 5.11. The smallest absolute Gasteiger partial charge is 0.0383 e. The molecule has 0 aromatic carbocycles. The van der Waals surface area contributed by atoms with E-state index in [4.69, 9.17) is 0 Å². The predicted molar refractivity (Wildman–Crippen MR) is 50.5 cm³/mol. The van der Waals surface area contributed by atoms with Gasteiger partial charge < -0.3 is 0 Å². The Balaban J connectivity index is 2.36. The molecule has 66 valence electrons. The van der Waals surface area contributed by atoms with Gasteiger partial charge in [-0.1, -0.05) is 34.1 Å². The highest BCUT2D eigenvalue weighted by Gasteiger charge is 2.29. The summed E-state index contributed by atoms with van der Waals surface area (Å²) in [6.45, 7) is 9.53. The zero-order valence-corrected chi connectivity index (χ0v) is 8.43. The van der Waals surface area contributed by atoms with Crippen LogP contribution in [0.1, 0.15) is 47.0 Å². The Bertz CT molecular complexity index is 115. The maximum atomic E-state index is 2.44. The van der Waals surface area contributed by atoms with Crippen LogP contribution in [0.4, 0.5) is 0 Å². The average molecular weight is 154 g/mol. The second-order valence-electron chi connectivity index (χ2n) is 4.80. The maximum absolute atomic E-state index is 2.44. The fourth-order valence-corrected chi connectivity index (χ4v) is 2.41. The van der Waals surface area contributed by atoms with E-state index < -0.39 is 0 Å². The standard InChI is InChI=1S/C11H22/c1-8(2)7-11-6-5-9(3)10(11)4/h8-11H,5-7H2,1-4H3. The van der Waals surface area contributed by atoms with Gasteiger partial charge in [0.05, 0.1) is 0 Å². The largest absolute Gasteiger partial charge is 0.0628 e. The summed E-state index contributed by atoms with van der Waals surface area (Å²) < 4.78 is 0. The molecule has 0 saturated heterocycles. The van der Waals surface area contributed by atoms with E-state index in [1.54, 1.807) is 0 Å². The molecule has 1 saturated carbocycles. The van der Waals surface area contributed by atoms with Gasteiger partial charge in [0.2, 0.25) is 0 Å². The van der Waals surface area contributed by atoms with Crippen molar-refractivity contribution in [3.63, 3.8) is 0 Å². The molecule has 0 nitrogen and oxygen atoms in total. The van der Waals surface area contributed by atoms with Crippen LogP contribution in [0.15, 0.2) is 0 Å². The second-order valence-corrected chi connectivity index (χ2v) is 4.80. The molecule has 1 aliphatic carbocycles. The first kappa shape index (κ1) is 9.09. The van der Waals surface area contributed by atoms with Crippen LogP contribution in [-0.4, -0.2) is 0 Å². The summed E-state index contributed by atoms with van der Waals surface area (Å²) in [5.41, 5.74) is 0. The van der Waals surface area contributed by atoms with Crippen molar-refractivity contribution in [3.05, 3.63) is 0 Å². The Morgan fingerprint density at radius 2 is 1.82 bits per heavy atom. The average Bonchev–Trinajstić information content (AvgIpc) is 2.18. The first-order chi connectivity index (χ1) is 5.11. The van der Waals surface area contributed by atoms with E-state index in [2.05, 4.69) is 27.7 Å². The summed E-state index contributed by atoms with van der Waals surface area (Å²) in [5.74, 6) is 3.90. The lowest BCUT2D eigenvalue weighted by Gasteiger charge is -2.19. The molecule has 3 atom stereocenters. The molecule has 0 bridgehead atoms. The minimum Gasteiger partial charge on any atom is -0.0628 e. The van der Waals surface area contributed by atoms with Crippen molar-refractivity contribution >= 4 is 0 Å². The third-order valence-electron chi connectivity index (χ3n) is 3.41. The maximum Gasteiger partial charge on any atom is -0.0383 e. The van der Waals surface area contributed by atoms with Crippen molar-refractivity contribution in [1.29, 1.82) is 0 Å². The van der Waals surface area contributed by atoms with Crippen molar-refractivity contribution in [2.75, 3.05) is 0 Å². The fraction of sp³-hybridized carbons (Fsp3) is 1.00. The normalized spacial score (nSPS) is 38.5. The molecular weight excluding hydrogens is 132 g/mol. The molecule has 0 heteroatoms. The lowest BCUT2D eigenvalue weighted by Crippen LogP contribution is -2.10. The first-order valence-electron chi connectivity index (χ1n) is 5.11. The van der Waals surface area contributed by atoms with Crippen LogP contribution < -0.4 is 0 Å². The summed E-state index contributed by atoms with van der Waals surface area (Å²) in [7, 11) is 0. The quantitative estimate of drug-likeness (QED) is 0.568. The van der Waals surface area contributed by atoms with Gasteiger partial charge >= 0.3 is 0 Å². The molecular formula is C11H22. The molecule has 11 heavy (non-hydrogen) atoms. The highest BCUT2D eigenvalue weighted by Crippen LogP contribution is 2.39. The Morgan fingerprint density at radius 1 is 1.18 bits per heavy atom. The van der Waals surface area contributed by atoms with Crippen LogP contribution >= 0.6 is 0 Å². The zero-order chi connectivity index (χ0) is 8.43. The molecule has 0 heterocycles. The van der Waals surface area contributed by atoms with Crippen LogP contribution in [0.5, 0.6) is 0 Å². The molecule has 0 aliphatic heterocycles. The number of hydrogen-bond donors (Lipinski definition) is 0. The van der Waals surface area contributed by atoms with Gasteiger partial charge in [0.1, 0.15) is 0 Å². The molecule has 1 rings (SSSR count). The molecule has 0 amide bonds. The fourth-order valence-electron chi connectivity index (χ4n) is 2.41. The Hall–Kier alpha value is 0. The van der Waals surface area contributed by atoms with E-state index in [1.165, 1.54) is 19.3 Å². The molecule has 1 fully saturated rings. The van der Waals surface area contributed by atoms with Crippen LogP contribution in [0.2, 0.25) is 0 Å². The van der Waals surface area contributed by atoms with E-state index in [0.717, 1.165) is 23.7 Å². The third kappa shape index (κ3) is 2.21. The van der Waals surface area contributed by atoms with E-state index in [-0.39, 0.29) is 0 Å². The van der Waals surface area contributed by atoms with Gasteiger partial charge in [0.15, 0.2) is 0 Å². The van der Waals surface area contributed by atoms with Crippen LogP contribution in [-0.2, 0) is 0 Å². The van der Waals surface area contributed by atoms with E-state index in [1.807, 2.05) is 0 Å². The van der Waals surface area contributed by atoms with Crippen LogP contribution in [0.25, 0.3) is 0 Å². The zero-order valence-electron chi connectivity index (χ0n) is 8.43. The molecule has 0 aromatic heterocycles. The summed E-state index contributed by atoms with van der Waals surface area (Å²) in [4.78, 5) is 0. The predicted octanol–water partition coefficient (Wildman–Crippen LogP) is 3.71. The number of hydrogen-bond acceptors (Lipinski definition) is 0. The Morgan fingerprint density at radius 3 is 2.18 bits per heavy atom. The summed E-state index contributed by atoms with van der Waals surface area (Å²) in [6.07, 6.45) is 4.41. The van der Waals surface area contributed by atoms with Gasteiger partial charge in [0, 0.05) is 0 Å². The highest BCUT2D eigenvalue weighted by atomic mass is 14.3. The Kier molecular flexibility index (Phi) is 2.98. The van der Waals surface area contributed by atoms with E-state index >= 15 is 0 Å². The minimum atomic E-state index is 0.896. The molecule has 0 spiro atoms. The third-order valence-corrected chi connectivity index (χ3v) is 3.41. The van der Waals surface area contributed by atoms with Crippen molar-refractivity contribution in [1.82, 2.24) is 0 Å². The molecule has 0 aromatic rings. The van der Waals surface area contributed by atoms with Crippen LogP contribution in [0, 0.1) is 23.7 Å². The highest BCUT2D eigenvalue weighted by molar-refractivity contribution is 4.79. The van der Waals surface area contributed by atoms with Crippen molar-refractivity contribution < 1.29 is 0 Å². The van der Waals surface area contributed by atoms with Gasteiger partial charge in [-0.2, -0.15) is 0 Å². The molecule has 0 N–H and O–H groups in total. The van der Waals surface area contributed by atoms with Gasteiger partial charge in [0.25, 0.3) is 0 Å². The van der Waals surface area contributed by atoms with Gasteiger partial charge in [-0.25, -0.2) is 0 Å².